The first-order valence-corrected chi connectivity index (χ1v) is 3.74. The quantitative estimate of drug-likeness (QED) is 0.506. The van der Waals surface area contributed by atoms with E-state index in [1.165, 1.54) is 0 Å². The minimum Gasteiger partial charge on any atom is -0.201 e. The van der Waals surface area contributed by atoms with Gasteiger partial charge in [0.2, 0.25) is 5.83 Å². The Morgan fingerprint density at radius 3 is 1.73 bits per heavy atom. The number of hydrogen-bond acceptors (Lipinski definition) is 0. The van der Waals surface area contributed by atoms with Gasteiger partial charge in [-0.15, -0.1) is 6.58 Å². The summed E-state index contributed by atoms with van der Waals surface area (Å²) in [6.07, 6.45) is -11.4. The Balaban J connectivity index is 5.17. The molecule has 0 amide bonds. The van der Waals surface area contributed by atoms with Crippen LogP contribution in [-0.4, -0.2) is 12.4 Å². The molecule has 0 bridgehead atoms. The van der Waals surface area contributed by atoms with Crippen molar-refractivity contribution in [1.82, 2.24) is 0 Å². The van der Waals surface area contributed by atoms with Gasteiger partial charge >= 0.3 is 12.4 Å². The first-order valence-electron chi connectivity index (χ1n) is 3.74. The highest BCUT2D eigenvalue weighted by molar-refractivity contribution is 5.18. The van der Waals surface area contributed by atoms with Crippen molar-refractivity contribution in [2.24, 2.45) is 0 Å². The van der Waals surface area contributed by atoms with Gasteiger partial charge < -0.3 is 0 Å². The van der Waals surface area contributed by atoms with Gasteiger partial charge in [-0.25, -0.2) is 4.39 Å². The molecule has 0 aromatic carbocycles. The average molecular weight is 236 g/mol. The van der Waals surface area contributed by atoms with Crippen LogP contribution in [-0.2, 0) is 0 Å². The molecule has 0 rings (SSSR count). The molecule has 15 heavy (non-hydrogen) atoms. The van der Waals surface area contributed by atoms with Crippen LogP contribution in [0, 0.1) is 0 Å². The lowest BCUT2D eigenvalue weighted by Crippen LogP contribution is -2.20. The maximum Gasteiger partial charge on any atom is 0.443 e. The minimum absolute atomic E-state index is 0.377. The van der Waals surface area contributed by atoms with Crippen LogP contribution in [0.15, 0.2) is 24.1 Å². The molecule has 0 fully saturated rings. The van der Waals surface area contributed by atoms with E-state index >= 15 is 0 Å². The molecule has 0 saturated heterocycles. The Bertz CT molecular complexity index is 255. The molecule has 0 aliphatic rings. The predicted molar refractivity (Wildman–Crippen MR) is 39.7 cm³/mol. The summed E-state index contributed by atoms with van der Waals surface area (Å²) in [5, 5.41) is 0. The smallest absolute Gasteiger partial charge is 0.201 e. The van der Waals surface area contributed by atoms with E-state index in [2.05, 4.69) is 6.58 Å². The maximum absolute atomic E-state index is 12.4. The first kappa shape index (κ1) is 14.0. The fraction of sp³-hybridized carbons (Fsp3) is 0.500. The highest BCUT2D eigenvalue weighted by Crippen LogP contribution is 2.38. The summed E-state index contributed by atoms with van der Waals surface area (Å²) in [5.41, 5.74) is -2.20. The predicted octanol–water partition coefficient (Wildman–Crippen LogP) is 4.30. The van der Waals surface area contributed by atoms with Gasteiger partial charge in [-0.2, -0.15) is 26.3 Å². The SMILES string of the molecule is C=CCC/C(=C(/F)C(F)(F)F)C(F)(F)F. The number of allylic oxidation sites excluding steroid dienone is 3. The Labute approximate surface area is 81.1 Å². The summed E-state index contributed by atoms with van der Waals surface area (Å²) >= 11 is 0. The molecule has 0 radical (unpaired) electrons. The summed E-state index contributed by atoms with van der Waals surface area (Å²) in [7, 11) is 0. The van der Waals surface area contributed by atoms with E-state index < -0.39 is 30.2 Å². The molecule has 0 aromatic rings. The maximum atomic E-state index is 12.4. The fourth-order valence-electron chi connectivity index (χ4n) is 0.793. The zero-order chi connectivity index (χ0) is 12.3. The van der Waals surface area contributed by atoms with Crippen molar-refractivity contribution in [2.45, 2.75) is 25.2 Å². The molecule has 0 N–H and O–H groups in total. The van der Waals surface area contributed by atoms with Gasteiger partial charge in [-0.1, -0.05) is 6.08 Å². The molecule has 88 valence electrons. The van der Waals surface area contributed by atoms with E-state index in [1.54, 1.807) is 0 Å². The van der Waals surface area contributed by atoms with E-state index in [4.69, 9.17) is 0 Å². The summed E-state index contributed by atoms with van der Waals surface area (Å²) in [6.45, 7) is 3.04. The molecular formula is C8H7F7. The van der Waals surface area contributed by atoms with Crippen LogP contribution in [0.2, 0.25) is 0 Å². The van der Waals surface area contributed by atoms with Crippen LogP contribution in [0.5, 0.6) is 0 Å². The summed E-state index contributed by atoms with van der Waals surface area (Å²) in [5.74, 6) is -3.09. The van der Waals surface area contributed by atoms with E-state index in [0.29, 0.717) is 0 Å². The second kappa shape index (κ2) is 4.67. The molecular weight excluding hydrogens is 229 g/mol. The van der Waals surface area contributed by atoms with Gasteiger partial charge in [0.1, 0.15) is 0 Å². The van der Waals surface area contributed by atoms with Crippen molar-refractivity contribution >= 4 is 0 Å². The van der Waals surface area contributed by atoms with E-state index in [9.17, 15) is 30.7 Å². The minimum atomic E-state index is -5.61. The van der Waals surface area contributed by atoms with Crippen molar-refractivity contribution < 1.29 is 30.7 Å². The molecule has 7 heteroatoms. The Hall–Kier alpha value is -1.01. The lowest BCUT2D eigenvalue weighted by molar-refractivity contribution is -0.129. The third-order valence-corrected chi connectivity index (χ3v) is 1.45. The Morgan fingerprint density at radius 2 is 1.47 bits per heavy atom. The third-order valence-electron chi connectivity index (χ3n) is 1.45. The molecule has 0 saturated carbocycles. The summed E-state index contributed by atoms with van der Waals surface area (Å²) < 4.78 is 83.5. The number of halogens is 7. The average Bonchev–Trinajstić information content (AvgIpc) is 2.00. The van der Waals surface area contributed by atoms with E-state index in [-0.39, 0.29) is 6.42 Å². The van der Waals surface area contributed by atoms with E-state index in [0.717, 1.165) is 6.08 Å². The largest absolute Gasteiger partial charge is 0.443 e. The second-order valence-electron chi connectivity index (χ2n) is 2.62. The highest BCUT2D eigenvalue weighted by Gasteiger charge is 2.45. The van der Waals surface area contributed by atoms with Crippen molar-refractivity contribution in [1.29, 1.82) is 0 Å². The first-order chi connectivity index (χ1) is 6.60. The lowest BCUT2D eigenvalue weighted by Gasteiger charge is -2.14. The third kappa shape index (κ3) is 4.35. The molecule has 0 aliphatic carbocycles. The topological polar surface area (TPSA) is 0 Å². The number of hydrogen-bond donors (Lipinski definition) is 0. The molecule has 0 atom stereocenters. The molecule has 0 unspecified atom stereocenters. The van der Waals surface area contributed by atoms with Gasteiger partial charge in [0.25, 0.3) is 0 Å². The monoisotopic (exact) mass is 236 g/mol. The zero-order valence-corrected chi connectivity index (χ0v) is 7.34. The standard InChI is InChI=1S/C8H7F7/c1-2-3-4-5(7(10,11)12)6(9)8(13,14)15/h2H,1,3-4H2/b6-5-. The Morgan fingerprint density at radius 1 is 1.00 bits per heavy atom. The molecule has 0 aromatic heterocycles. The zero-order valence-electron chi connectivity index (χ0n) is 7.34. The van der Waals surface area contributed by atoms with Crippen LogP contribution in [0.3, 0.4) is 0 Å². The van der Waals surface area contributed by atoms with Crippen LogP contribution in [0.4, 0.5) is 30.7 Å². The number of alkyl halides is 6. The highest BCUT2D eigenvalue weighted by atomic mass is 19.4. The van der Waals surface area contributed by atoms with Gasteiger partial charge in [-0.05, 0) is 12.8 Å². The van der Waals surface area contributed by atoms with Gasteiger partial charge in [0, 0.05) is 0 Å². The van der Waals surface area contributed by atoms with Gasteiger partial charge in [-0.3, -0.25) is 0 Å². The van der Waals surface area contributed by atoms with E-state index in [1.807, 2.05) is 0 Å². The van der Waals surface area contributed by atoms with Gasteiger partial charge in [0.15, 0.2) is 0 Å². The summed E-state index contributed by atoms with van der Waals surface area (Å²) in [6, 6.07) is 0. The molecule has 0 nitrogen and oxygen atoms in total. The van der Waals surface area contributed by atoms with Crippen LogP contribution < -0.4 is 0 Å². The Kier molecular flexibility index (Phi) is 4.36. The van der Waals surface area contributed by atoms with Crippen molar-refractivity contribution in [3.05, 3.63) is 24.1 Å². The number of rotatable bonds is 3. The van der Waals surface area contributed by atoms with Crippen molar-refractivity contribution in [3.63, 3.8) is 0 Å². The van der Waals surface area contributed by atoms with Crippen LogP contribution in [0.1, 0.15) is 12.8 Å². The van der Waals surface area contributed by atoms with Gasteiger partial charge in [0.05, 0.1) is 5.57 Å². The molecule has 0 spiro atoms. The summed E-state index contributed by atoms with van der Waals surface area (Å²) in [4.78, 5) is 0. The molecule has 0 aliphatic heterocycles. The van der Waals surface area contributed by atoms with Crippen LogP contribution in [0.25, 0.3) is 0 Å². The van der Waals surface area contributed by atoms with Crippen molar-refractivity contribution in [3.8, 4) is 0 Å². The molecule has 0 heterocycles. The second-order valence-corrected chi connectivity index (χ2v) is 2.62. The van der Waals surface area contributed by atoms with Crippen LogP contribution >= 0.6 is 0 Å². The lowest BCUT2D eigenvalue weighted by atomic mass is 10.1. The van der Waals surface area contributed by atoms with Crippen molar-refractivity contribution in [2.75, 3.05) is 0 Å². The fourth-order valence-corrected chi connectivity index (χ4v) is 0.793. The normalized spacial score (nSPS) is 14.9.